The minimum atomic E-state index is 0.468. The Balaban J connectivity index is 2.18. The molecule has 0 bridgehead atoms. The number of anilines is 1. The predicted octanol–water partition coefficient (Wildman–Crippen LogP) is 1.37. The van der Waals surface area contributed by atoms with Gasteiger partial charge in [0.25, 0.3) is 0 Å². The van der Waals surface area contributed by atoms with Gasteiger partial charge in [-0.25, -0.2) is 9.50 Å². The highest BCUT2D eigenvalue weighted by molar-refractivity contribution is 5.59. The van der Waals surface area contributed by atoms with E-state index in [-0.39, 0.29) is 0 Å². The van der Waals surface area contributed by atoms with Crippen LogP contribution in [-0.2, 0) is 0 Å². The second-order valence-electron chi connectivity index (χ2n) is 3.43. The Labute approximate surface area is 91.6 Å². The lowest BCUT2D eigenvalue weighted by Crippen LogP contribution is -1.93. The molecule has 0 unspecified atom stereocenters. The first kappa shape index (κ1) is 8.84. The van der Waals surface area contributed by atoms with Gasteiger partial charge < -0.3 is 5.73 Å². The van der Waals surface area contributed by atoms with Crippen molar-refractivity contribution in [1.29, 1.82) is 0 Å². The first-order valence-corrected chi connectivity index (χ1v) is 4.85. The van der Waals surface area contributed by atoms with E-state index in [2.05, 4.69) is 15.1 Å². The Morgan fingerprint density at radius 1 is 1.19 bits per heavy atom. The molecule has 2 N–H and O–H groups in total. The molecule has 3 aromatic rings. The average Bonchev–Trinajstić information content (AvgIpc) is 2.69. The number of nitrogen functional groups attached to an aromatic ring is 1. The number of nitrogens with two attached hydrogens (primary N) is 1. The molecule has 16 heavy (non-hydrogen) atoms. The van der Waals surface area contributed by atoms with Crippen LogP contribution in [0.15, 0.2) is 42.9 Å². The van der Waals surface area contributed by atoms with Crippen LogP contribution >= 0.6 is 0 Å². The molecule has 0 radical (unpaired) electrons. The number of rotatable bonds is 1. The average molecular weight is 211 g/mol. The highest BCUT2D eigenvalue weighted by Gasteiger charge is 2.02. The van der Waals surface area contributed by atoms with Gasteiger partial charge in [0, 0.05) is 18.0 Å². The van der Waals surface area contributed by atoms with Crippen molar-refractivity contribution in [2.24, 2.45) is 0 Å². The maximum Gasteiger partial charge on any atom is 0.156 e. The summed E-state index contributed by atoms with van der Waals surface area (Å²) >= 11 is 0. The molecule has 5 heteroatoms. The normalized spacial score (nSPS) is 10.8. The van der Waals surface area contributed by atoms with Crippen molar-refractivity contribution in [3.63, 3.8) is 0 Å². The van der Waals surface area contributed by atoms with Gasteiger partial charge >= 0.3 is 0 Å². The molecule has 0 aliphatic carbocycles. The largest absolute Gasteiger partial charge is 0.382 e. The van der Waals surface area contributed by atoms with E-state index >= 15 is 0 Å². The zero-order valence-electron chi connectivity index (χ0n) is 8.41. The molecule has 0 amide bonds. The first-order valence-electron chi connectivity index (χ1n) is 4.85. The molecular weight excluding hydrogens is 202 g/mol. The molecule has 0 aliphatic rings. The quantitative estimate of drug-likeness (QED) is 0.660. The lowest BCUT2D eigenvalue weighted by atomic mass is 10.2. The molecule has 0 aliphatic heterocycles. The second kappa shape index (κ2) is 3.30. The molecule has 0 fully saturated rings. The van der Waals surface area contributed by atoms with Gasteiger partial charge in [-0.1, -0.05) is 0 Å². The fraction of sp³-hybridized carbons (Fsp3) is 0. The van der Waals surface area contributed by atoms with Crippen LogP contribution in [0.25, 0.3) is 16.9 Å². The summed E-state index contributed by atoms with van der Waals surface area (Å²) in [6.07, 6.45) is 5.20. The summed E-state index contributed by atoms with van der Waals surface area (Å²) in [5.41, 5.74) is 8.15. The Morgan fingerprint density at radius 2 is 2.12 bits per heavy atom. The van der Waals surface area contributed by atoms with Crippen molar-refractivity contribution in [3.05, 3.63) is 42.9 Å². The third-order valence-electron chi connectivity index (χ3n) is 2.30. The lowest BCUT2D eigenvalue weighted by molar-refractivity contribution is 0.942. The lowest BCUT2D eigenvalue weighted by Gasteiger charge is -1.99. The summed E-state index contributed by atoms with van der Waals surface area (Å²) in [6, 6.07) is 7.62. The van der Waals surface area contributed by atoms with Crippen LogP contribution < -0.4 is 5.73 Å². The summed E-state index contributed by atoms with van der Waals surface area (Å²) in [5, 5.41) is 4.40. The number of pyridine rings is 1. The molecule has 0 saturated carbocycles. The van der Waals surface area contributed by atoms with Crippen LogP contribution in [-0.4, -0.2) is 19.6 Å². The third-order valence-corrected chi connectivity index (χ3v) is 2.30. The smallest absolute Gasteiger partial charge is 0.156 e. The minimum absolute atomic E-state index is 0.468. The van der Waals surface area contributed by atoms with Crippen LogP contribution in [0, 0.1) is 0 Å². The number of hydrogen-bond donors (Lipinski definition) is 1. The van der Waals surface area contributed by atoms with E-state index in [1.54, 1.807) is 23.1 Å². The Morgan fingerprint density at radius 3 is 2.94 bits per heavy atom. The van der Waals surface area contributed by atoms with Crippen molar-refractivity contribution >= 4 is 11.5 Å². The van der Waals surface area contributed by atoms with Gasteiger partial charge in [0.2, 0.25) is 0 Å². The van der Waals surface area contributed by atoms with Gasteiger partial charge in [-0.3, -0.25) is 4.98 Å². The van der Waals surface area contributed by atoms with E-state index in [0.717, 1.165) is 16.9 Å². The van der Waals surface area contributed by atoms with Crippen LogP contribution in [0.5, 0.6) is 0 Å². The highest BCUT2D eigenvalue weighted by Crippen LogP contribution is 2.15. The fourth-order valence-electron chi connectivity index (χ4n) is 1.57. The van der Waals surface area contributed by atoms with Gasteiger partial charge in [-0.2, -0.15) is 5.10 Å². The highest BCUT2D eigenvalue weighted by atomic mass is 15.3. The maximum absolute atomic E-state index is 5.60. The molecule has 0 saturated heterocycles. The molecular formula is C11H9N5. The van der Waals surface area contributed by atoms with Crippen molar-refractivity contribution in [2.75, 3.05) is 5.73 Å². The van der Waals surface area contributed by atoms with Gasteiger partial charge in [-0.05, 0) is 24.3 Å². The SMILES string of the molecule is Nc1cn2nc(-c3cccnc3)ccc2n1. The maximum atomic E-state index is 5.60. The van der Waals surface area contributed by atoms with Crippen molar-refractivity contribution in [3.8, 4) is 11.3 Å². The van der Waals surface area contributed by atoms with Gasteiger partial charge in [0.05, 0.1) is 11.9 Å². The van der Waals surface area contributed by atoms with Crippen LogP contribution in [0.4, 0.5) is 5.82 Å². The molecule has 0 atom stereocenters. The van der Waals surface area contributed by atoms with Crippen molar-refractivity contribution in [2.45, 2.75) is 0 Å². The number of aromatic nitrogens is 4. The summed E-state index contributed by atoms with van der Waals surface area (Å²) in [6.45, 7) is 0. The van der Waals surface area contributed by atoms with E-state index < -0.39 is 0 Å². The monoisotopic (exact) mass is 211 g/mol. The Kier molecular flexibility index (Phi) is 1.83. The number of imidazole rings is 1. The molecule has 0 aromatic carbocycles. The fourth-order valence-corrected chi connectivity index (χ4v) is 1.57. The molecule has 3 rings (SSSR count). The van der Waals surface area contributed by atoms with Gasteiger partial charge in [0.15, 0.2) is 5.65 Å². The van der Waals surface area contributed by atoms with E-state index in [0.29, 0.717) is 5.82 Å². The van der Waals surface area contributed by atoms with Crippen LogP contribution in [0.3, 0.4) is 0 Å². The van der Waals surface area contributed by atoms with Gasteiger partial charge in [-0.15, -0.1) is 0 Å². The third kappa shape index (κ3) is 1.38. The summed E-state index contributed by atoms with van der Waals surface area (Å²) < 4.78 is 1.66. The second-order valence-corrected chi connectivity index (χ2v) is 3.43. The standard InChI is InChI=1S/C11H9N5/c12-10-7-16-11(14-10)4-3-9(15-16)8-2-1-5-13-6-8/h1-7H,12H2. The van der Waals surface area contributed by atoms with Gasteiger partial charge in [0.1, 0.15) is 5.82 Å². The summed E-state index contributed by atoms with van der Waals surface area (Å²) in [4.78, 5) is 8.17. The van der Waals surface area contributed by atoms with Crippen molar-refractivity contribution < 1.29 is 0 Å². The molecule has 3 heterocycles. The molecule has 78 valence electrons. The minimum Gasteiger partial charge on any atom is -0.382 e. The molecule has 5 nitrogen and oxygen atoms in total. The Bertz CT molecular complexity index is 629. The van der Waals surface area contributed by atoms with Crippen LogP contribution in [0.1, 0.15) is 0 Å². The zero-order valence-corrected chi connectivity index (χ0v) is 8.41. The Hall–Kier alpha value is -2.43. The van der Waals surface area contributed by atoms with E-state index in [4.69, 9.17) is 5.73 Å². The summed E-state index contributed by atoms with van der Waals surface area (Å²) in [5.74, 6) is 0.468. The van der Waals surface area contributed by atoms with Crippen molar-refractivity contribution in [1.82, 2.24) is 19.6 Å². The number of nitrogens with zero attached hydrogens (tertiary/aromatic N) is 4. The predicted molar refractivity (Wildman–Crippen MR) is 60.6 cm³/mol. The van der Waals surface area contributed by atoms with E-state index in [9.17, 15) is 0 Å². The zero-order chi connectivity index (χ0) is 11.0. The molecule has 0 spiro atoms. The van der Waals surface area contributed by atoms with Crippen LogP contribution in [0.2, 0.25) is 0 Å². The summed E-state index contributed by atoms with van der Waals surface area (Å²) in [7, 11) is 0. The molecule has 3 aromatic heterocycles. The van der Waals surface area contributed by atoms with E-state index in [1.165, 1.54) is 0 Å². The number of hydrogen-bond acceptors (Lipinski definition) is 4. The first-order chi connectivity index (χ1) is 7.83. The van der Waals surface area contributed by atoms with E-state index in [1.807, 2.05) is 24.3 Å². The topological polar surface area (TPSA) is 69.1 Å². The number of fused-ring (bicyclic) bond motifs is 1.